The van der Waals surface area contributed by atoms with E-state index in [1.54, 1.807) is 0 Å². The Hall–Kier alpha value is -2.18. The highest BCUT2D eigenvalue weighted by atomic mass is 35.5. The van der Waals surface area contributed by atoms with Crippen LogP contribution >= 0.6 is 22.9 Å². The van der Waals surface area contributed by atoms with E-state index in [0.29, 0.717) is 4.88 Å². The number of fused-ring (bicyclic) bond motifs is 2. The van der Waals surface area contributed by atoms with E-state index in [0.717, 1.165) is 59.4 Å². The molecule has 1 aliphatic carbocycles. The van der Waals surface area contributed by atoms with Crippen LogP contribution in [0.5, 0.6) is 0 Å². The maximum Gasteiger partial charge on any atom is 0.348 e. The van der Waals surface area contributed by atoms with Crippen LogP contribution in [0, 0.1) is 6.92 Å². The van der Waals surface area contributed by atoms with Crippen LogP contribution in [0.4, 0.5) is 11.5 Å². The number of carbonyl (C=O) groups is 1. The van der Waals surface area contributed by atoms with E-state index < -0.39 is 0 Å². The van der Waals surface area contributed by atoms with Gasteiger partial charge < -0.3 is 9.64 Å². The van der Waals surface area contributed by atoms with Crippen molar-refractivity contribution in [3.63, 3.8) is 0 Å². The monoisotopic (exact) mass is 441 g/mol. The average Bonchev–Trinajstić information content (AvgIpc) is 3.24. The lowest BCUT2D eigenvalue weighted by molar-refractivity contribution is 0.0216. The Balaban J connectivity index is 1.58. The molecule has 7 heteroatoms. The number of nitrogens with zero attached hydrogens (tertiary/aromatic N) is 3. The molecule has 0 saturated heterocycles. The highest BCUT2D eigenvalue weighted by molar-refractivity contribution is 7.20. The highest BCUT2D eigenvalue weighted by Gasteiger charge is 2.32. The Morgan fingerprint density at radius 2 is 1.97 bits per heavy atom. The fraction of sp³-hybridized carbons (Fsp3) is 0.435. The number of rotatable bonds is 3. The zero-order valence-corrected chi connectivity index (χ0v) is 18.7. The Labute approximate surface area is 185 Å². The predicted molar refractivity (Wildman–Crippen MR) is 121 cm³/mol. The van der Waals surface area contributed by atoms with Gasteiger partial charge in [0.2, 0.25) is 5.28 Å². The van der Waals surface area contributed by atoms with Crippen molar-refractivity contribution in [2.45, 2.75) is 64.5 Å². The number of aryl methyl sites for hydroxylation is 1. The molecule has 1 aromatic carbocycles. The van der Waals surface area contributed by atoms with E-state index >= 15 is 0 Å². The lowest BCUT2D eigenvalue weighted by Gasteiger charge is -2.25. The highest BCUT2D eigenvalue weighted by Crippen LogP contribution is 2.44. The standard InChI is InChI=1S/C23H24ClN3O2S/c1-13-12-15-8-6-7-11-17(15)27(13)20-18-14(2)19(30-21(18)26-23(24)25-20)22(28)29-16-9-4-3-5-10-16/h6-8,11,13,16H,3-5,9-10,12H2,1-2H3. The van der Waals surface area contributed by atoms with E-state index in [1.807, 2.05) is 13.0 Å². The van der Waals surface area contributed by atoms with E-state index in [9.17, 15) is 4.79 Å². The summed E-state index contributed by atoms with van der Waals surface area (Å²) in [5.41, 5.74) is 3.30. The van der Waals surface area contributed by atoms with Crippen molar-refractivity contribution < 1.29 is 9.53 Å². The van der Waals surface area contributed by atoms with Gasteiger partial charge in [0, 0.05) is 11.7 Å². The minimum absolute atomic E-state index is 0.0236. The molecule has 0 amide bonds. The summed E-state index contributed by atoms with van der Waals surface area (Å²) in [6.45, 7) is 4.14. The van der Waals surface area contributed by atoms with Gasteiger partial charge in [-0.15, -0.1) is 11.3 Å². The van der Waals surface area contributed by atoms with Crippen LogP contribution in [-0.4, -0.2) is 28.1 Å². The molecule has 0 bridgehead atoms. The molecule has 1 atom stereocenters. The van der Waals surface area contributed by atoms with Crippen molar-refractivity contribution in [1.29, 1.82) is 0 Å². The first kappa shape index (κ1) is 19.8. The van der Waals surface area contributed by atoms with E-state index in [4.69, 9.17) is 16.3 Å². The third kappa shape index (κ3) is 3.36. The molecule has 1 unspecified atom stereocenters. The van der Waals surface area contributed by atoms with Gasteiger partial charge in [-0.2, -0.15) is 4.98 Å². The maximum absolute atomic E-state index is 13.0. The molecular formula is C23H24ClN3O2S. The zero-order valence-electron chi connectivity index (χ0n) is 17.2. The topological polar surface area (TPSA) is 55.3 Å². The van der Waals surface area contributed by atoms with Crippen molar-refractivity contribution in [3.8, 4) is 0 Å². The first-order valence-electron chi connectivity index (χ1n) is 10.6. The van der Waals surface area contributed by atoms with Crippen LogP contribution < -0.4 is 4.90 Å². The van der Waals surface area contributed by atoms with Gasteiger partial charge in [0.05, 0.1) is 5.39 Å². The number of hydrogen-bond donors (Lipinski definition) is 0. The quantitative estimate of drug-likeness (QED) is 0.356. The molecule has 3 heterocycles. The second kappa shape index (κ2) is 7.82. The molecule has 30 heavy (non-hydrogen) atoms. The van der Waals surface area contributed by atoms with Crippen molar-refractivity contribution in [2.24, 2.45) is 0 Å². The Kier molecular flexibility index (Phi) is 5.15. The van der Waals surface area contributed by atoms with Crippen LogP contribution in [0.15, 0.2) is 24.3 Å². The van der Waals surface area contributed by atoms with Crippen LogP contribution in [0.1, 0.15) is 59.8 Å². The molecule has 156 valence electrons. The summed E-state index contributed by atoms with van der Waals surface area (Å²) in [7, 11) is 0. The molecule has 3 aromatic rings. The summed E-state index contributed by atoms with van der Waals surface area (Å²) < 4.78 is 5.84. The summed E-state index contributed by atoms with van der Waals surface area (Å²) >= 11 is 7.67. The second-order valence-corrected chi connectivity index (χ2v) is 9.61. The molecule has 1 aliphatic heterocycles. The van der Waals surface area contributed by atoms with E-state index in [-0.39, 0.29) is 23.4 Å². The number of hydrogen-bond acceptors (Lipinski definition) is 6. The van der Waals surface area contributed by atoms with Gasteiger partial charge in [-0.3, -0.25) is 0 Å². The van der Waals surface area contributed by atoms with Gasteiger partial charge in [0.25, 0.3) is 0 Å². The predicted octanol–water partition coefficient (Wildman–Crippen LogP) is 6.23. The van der Waals surface area contributed by atoms with Gasteiger partial charge in [-0.25, -0.2) is 9.78 Å². The molecule has 5 rings (SSSR count). The second-order valence-electron chi connectivity index (χ2n) is 8.27. The van der Waals surface area contributed by atoms with E-state index in [2.05, 4.69) is 40.0 Å². The number of ether oxygens (including phenoxy) is 1. The van der Waals surface area contributed by atoms with E-state index in [1.165, 1.54) is 23.3 Å². The number of carbonyl (C=O) groups excluding carboxylic acids is 1. The van der Waals surface area contributed by atoms with Crippen LogP contribution in [0.3, 0.4) is 0 Å². The first-order valence-corrected chi connectivity index (χ1v) is 11.8. The zero-order chi connectivity index (χ0) is 20.8. The molecule has 5 nitrogen and oxygen atoms in total. The average molecular weight is 442 g/mol. The van der Waals surface area contributed by atoms with Crippen molar-refractivity contribution in [1.82, 2.24) is 9.97 Å². The molecular weight excluding hydrogens is 418 g/mol. The smallest absolute Gasteiger partial charge is 0.348 e. The molecule has 0 spiro atoms. The molecule has 1 saturated carbocycles. The largest absolute Gasteiger partial charge is 0.458 e. The molecule has 2 aliphatic rings. The summed E-state index contributed by atoms with van der Waals surface area (Å²) in [4.78, 5) is 25.6. The first-order chi connectivity index (χ1) is 14.5. The van der Waals surface area contributed by atoms with Crippen molar-refractivity contribution in [2.75, 3.05) is 4.90 Å². The molecule has 0 N–H and O–H groups in total. The fourth-order valence-electron chi connectivity index (χ4n) is 4.74. The van der Waals surface area contributed by atoms with Gasteiger partial charge in [-0.05, 0) is 74.7 Å². The van der Waals surface area contributed by atoms with Crippen LogP contribution in [-0.2, 0) is 11.2 Å². The van der Waals surface area contributed by atoms with Crippen LogP contribution in [0.25, 0.3) is 10.2 Å². The normalized spacial score (nSPS) is 19.3. The third-order valence-corrected chi connectivity index (χ3v) is 7.53. The lowest BCUT2D eigenvalue weighted by atomic mass is 9.98. The molecule has 2 aromatic heterocycles. The van der Waals surface area contributed by atoms with Crippen molar-refractivity contribution >= 4 is 50.6 Å². The number of anilines is 2. The summed E-state index contributed by atoms with van der Waals surface area (Å²) in [5, 5.41) is 1.09. The number of para-hydroxylation sites is 1. The number of halogens is 1. The van der Waals surface area contributed by atoms with Crippen LogP contribution in [0.2, 0.25) is 5.28 Å². The minimum atomic E-state index is -0.251. The Bertz CT molecular complexity index is 1120. The number of esters is 1. The number of thiophene rings is 1. The number of benzene rings is 1. The van der Waals surface area contributed by atoms with Gasteiger partial charge in [0.1, 0.15) is 21.6 Å². The van der Waals surface area contributed by atoms with Gasteiger partial charge in [0.15, 0.2) is 0 Å². The molecule has 1 fully saturated rings. The minimum Gasteiger partial charge on any atom is -0.458 e. The fourth-order valence-corrected chi connectivity index (χ4v) is 6.01. The van der Waals surface area contributed by atoms with Gasteiger partial charge in [-0.1, -0.05) is 24.6 Å². The third-order valence-electron chi connectivity index (χ3n) is 6.19. The summed E-state index contributed by atoms with van der Waals surface area (Å²) in [6, 6.07) is 8.61. The SMILES string of the molecule is Cc1c(C(=O)OC2CCCCC2)sc2nc(Cl)nc(N3c4ccccc4CC3C)c12. The maximum atomic E-state index is 13.0. The lowest BCUT2D eigenvalue weighted by Crippen LogP contribution is -2.25. The summed E-state index contributed by atoms with van der Waals surface area (Å²) in [5.74, 6) is 0.521. The summed E-state index contributed by atoms with van der Waals surface area (Å²) in [6.07, 6.45) is 6.35. The van der Waals surface area contributed by atoms with Gasteiger partial charge >= 0.3 is 5.97 Å². The number of aromatic nitrogens is 2. The molecule has 0 radical (unpaired) electrons. The Morgan fingerprint density at radius 1 is 1.20 bits per heavy atom. The Morgan fingerprint density at radius 3 is 2.77 bits per heavy atom. The van der Waals surface area contributed by atoms with Crippen molar-refractivity contribution in [3.05, 3.63) is 45.6 Å².